The van der Waals surface area contributed by atoms with Crippen molar-refractivity contribution < 1.29 is 0 Å². The molecular weight excluding hydrogens is 244 g/mol. The summed E-state index contributed by atoms with van der Waals surface area (Å²) in [5.74, 6) is 0. The molecule has 0 atom stereocenters. The van der Waals surface area contributed by atoms with E-state index in [2.05, 4.69) is 54.5 Å². The van der Waals surface area contributed by atoms with E-state index in [9.17, 15) is 0 Å². The largest absolute Gasteiger partial charge is 0.313 e. The molecule has 0 saturated carbocycles. The van der Waals surface area contributed by atoms with Crippen molar-refractivity contribution in [2.45, 2.75) is 39.7 Å². The lowest BCUT2D eigenvalue weighted by molar-refractivity contribution is 0.724. The van der Waals surface area contributed by atoms with Gasteiger partial charge in [-0.15, -0.1) is 0 Å². The van der Waals surface area contributed by atoms with Crippen LogP contribution in [-0.2, 0) is 13.0 Å². The summed E-state index contributed by atoms with van der Waals surface area (Å²) in [5.41, 5.74) is 5.10. The summed E-state index contributed by atoms with van der Waals surface area (Å²) in [4.78, 5) is 4.35. The zero-order valence-electron chi connectivity index (χ0n) is 12.5. The minimum absolute atomic E-state index is 0.881. The average molecular weight is 268 g/mol. The SMILES string of the molecule is CCCCc1ccc(-c2cncc(CNCC)c2)cc1. The lowest BCUT2D eigenvalue weighted by Gasteiger charge is -2.07. The van der Waals surface area contributed by atoms with Crippen molar-refractivity contribution >= 4 is 0 Å². The number of rotatable bonds is 7. The smallest absolute Gasteiger partial charge is 0.0346 e. The molecule has 0 aliphatic carbocycles. The minimum Gasteiger partial charge on any atom is -0.313 e. The van der Waals surface area contributed by atoms with Crippen LogP contribution in [0.5, 0.6) is 0 Å². The Kier molecular flexibility index (Phi) is 5.75. The van der Waals surface area contributed by atoms with Gasteiger partial charge in [0, 0.05) is 24.5 Å². The number of aromatic nitrogens is 1. The van der Waals surface area contributed by atoms with E-state index >= 15 is 0 Å². The van der Waals surface area contributed by atoms with Gasteiger partial charge in [-0.1, -0.05) is 44.5 Å². The highest BCUT2D eigenvalue weighted by Gasteiger charge is 2.01. The van der Waals surface area contributed by atoms with Crippen molar-refractivity contribution in [1.82, 2.24) is 10.3 Å². The predicted octanol–water partition coefficient (Wildman–Crippen LogP) is 4.20. The van der Waals surface area contributed by atoms with Gasteiger partial charge in [-0.05, 0) is 42.1 Å². The molecule has 0 fully saturated rings. The van der Waals surface area contributed by atoms with Crippen molar-refractivity contribution in [3.8, 4) is 11.1 Å². The third kappa shape index (κ3) is 4.17. The highest BCUT2D eigenvalue weighted by molar-refractivity contribution is 5.63. The Morgan fingerprint density at radius 2 is 1.75 bits per heavy atom. The summed E-state index contributed by atoms with van der Waals surface area (Å²) < 4.78 is 0. The van der Waals surface area contributed by atoms with Crippen molar-refractivity contribution in [3.05, 3.63) is 53.9 Å². The van der Waals surface area contributed by atoms with Gasteiger partial charge in [-0.3, -0.25) is 4.98 Å². The summed E-state index contributed by atoms with van der Waals surface area (Å²) >= 11 is 0. The summed E-state index contributed by atoms with van der Waals surface area (Å²) in [6.07, 6.45) is 7.56. The Bertz CT molecular complexity index is 517. The van der Waals surface area contributed by atoms with Gasteiger partial charge in [0.1, 0.15) is 0 Å². The standard InChI is InChI=1S/C18H24N2/c1-3-5-6-15-7-9-17(10-8-15)18-11-16(12-19-4-2)13-20-14-18/h7-11,13-14,19H,3-6,12H2,1-2H3. The normalized spacial score (nSPS) is 10.7. The fourth-order valence-corrected chi connectivity index (χ4v) is 2.26. The molecule has 0 bridgehead atoms. The number of nitrogens with one attached hydrogen (secondary N) is 1. The van der Waals surface area contributed by atoms with Crippen LogP contribution >= 0.6 is 0 Å². The van der Waals surface area contributed by atoms with Gasteiger partial charge in [-0.25, -0.2) is 0 Å². The molecule has 0 spiro atoms. The second-order valence-corrected chi connectivity index (χ2v) is 5.16. The van der Waals surface area contributed by atoms with Gasteiger partial charge in [0.15, 0.2) is 0 Å². The first-order valence-electron chi connectivity index (χ1n) is 7.57. The van der Waals surface area contributed by atoms with Gasteiger partial charge >= 0.3 is 0 Å². The molecule has 2 aromatic rings. The van der Waals surface area contributed by atoms with Crippen molar-refractivity contribution in [2.75, 3.05) is 6.54 Å². The van der Waals surface area contributed by atoms with Crippen LogP contribution in [0.4, 0.5) is 0 Å². The minimum atomic E-state index is 0.881. The molecule has 1 N–H and O–H groups in total. The van der Waals surface area contributed by atoms with E-state index in [1.807, 2.05) is 12.4 Å². The third-order valence-electron chi connectivity index (χ3n) is 3.48. The van der Waals surface area contributed by atoms with E-state index in [-0.39, 0.29) is 0 Å². The predicted molar refractivity (Wildman–Crippen MR) is 85.7 cm³/mol. The second-order valence-electron chi connectivity index (χ2n) is 5.16. The van der Waals surface area contributed by atoms with Crippen LogP contribution in [0.1, 0.15) is 37.8 Å². The Morgan fingerprint density at radius 3 is 2.45 bits per heavy atom. The first-order valence-corrected chi connectivity index (χ1v) is 7.57. The lowest BCUT2D eigenvalue weighted by Crippen LogP contribution is -2.11. The van der Waals surface area contributed by atoms with E-state index in [1.165, 1.54) is 41.5 Å². The fourth-order valence-electron chi connectivity index (χ4n) is 2.26. The molecule has 0 unspecified atom stereocenters. The van der Waals surface area contributed by atoms with Gasteiger partial charge in [0.2, 0.25) is 0 Å². The number of unbranched alkanes of at least 4 members (excludes halogenated alkanes) is 1. The number of nitrogens with zero attached hydrogens (tertiary/aromatic N) is 1. The van der Waals surface area contributed by atoms with Crippen LogP contribution in [-0.4, -0.2) is 11.5 Å². The van der Waals surface area contributed by atoms with Gasteiger partial charge < -0.3 is 5.32 Å². The molecular formula is C18H24N2. The molecule has 2 rings (SSSR count). The third-order valence-corrected chi connectivity index (χ3v) is 3.48. The summed E-state index contributed by atoms with van der Waals surface area (Å²) in [6.45, 7) is 6.21. The van der Waals surface area contributed by atoms with Crippen molar-refractivity contribution in [3.63, 3.8) is 0 Å². The van der Waals surface area contributed by atoms with Crippen molar-refractivity contribution in [1.29, 1.82) is 0 Å². The summed E-state index contributed by atoms with van der Waals surface area (Å²) in [6, 6.07) is 11.1. The molecule has 1 aromatic heterocycles. The topological polar surface area (TPSA) is 24.9 Å². The molecule has 1 heterocycles. The Morgan fingerprint density at radius 1 is 0.950 bits per heavy atom. The molecule has 106 valence electrons. The zero-order chi connectivity index (χ0) is 14.2. The number of aryl methyl sites for hydroxylation is 1. The van der Waals surface area contributed by atoms with Crippen LogP contribution in [0.3, 0.4) is 0 Å². The molecule has 1 aromatic carbocycles. The first-order chi connectivity index (χ1) is 9.83. The van der Waals surface area contributed by atoms with E-state index < -0.39 is 0 Å². The van der Waals surface area contributed by atoms with E-state index in [1.54, 1.807) is 0 Å². The van der Waals surface area contributed by atoms with E-state index in [0.29, 0.717) is 0 Å². The second kappa shape index (κ2) is 7.81. The molecule has 0 aliphatic rings. The zero-order valence-corrected chi connectivity index (χ0v) is 12.5. The Labute approximate surface area is 122 Å². The summed E-state index contributed by atoms with van der Waals surface area (Å²) in [7, 11) is 0. The van der Waals surface area contributed by atoms with E-state index in [0.717, 1.165) is 13.1 Å². The highest BCUT2D eigenvalue weighted by Crippen LogP contribution is 2.20. The number of hydrogen-bond donors (Lipinski definition) is 1. The Balaban J connectivity index is 2.10. The van der Waals surface area contributed by atoms with Crippen LogP contribution in [0.25, 0.3) is 11.1 Å². The maximum atomic E-state index is 4.35. The van der Waals surface area contributed by atoms with Crippen molar-refractivity contribution in [2.24, 2.45) is 0 Å². The molecule has 0 saturated heterocycles. The molecule has 0 amide bonds. The van der Waals surface area contributed by atoms with Gasteiger partial charge in [0.25, 0.3) is 0 Å². The monoisotopic (exact) mass is 268 g/mol. The first kappa shape index (κ1) is 14.7. The summed E-state index contributed by atoms with van der Waals surface area (Å²) in [5, 5.41) is 3.34. The maximum absolute atomic E-state index is 4.35. The van der Waals surface area contributed by atoms with E-state index in [4.69, 9.17) is 0 Å². The Hall–Kier alpha value is -1.67. The molecule has 20 heavy (non-hydrogen) atoms. The maximum Gasteiger partial charge on any atom is 0.0346 e. The molecule has 0 radical (unpaired) electrons. The van der Waals surface area contributed by atoms with Gasteiger partial charge in [0.05, 0.1) is 0 Å². The quantitative estimate of drug-likeness (QED) is 0.814. The molecule has 0 aliphatic heterocycles. The number of pyridine rings is 1. The highest BCUT2D eigenvalue weighted by atomic mass is 14.8. The van der Waals surface area contributed by atoms with Crippen LogP contribution in [0, 0.1) is 0 Å². The lowest BCUT2D eigenvalue weighted by atomic mass is 10.0. The number of benzene rings is 1. The molecule has 2 nitrogen and oxygen atoms in total. The number of hydrogen-bond acceptors (Lipinski definition) is 2. The fraction of sp³-hybridized carbons (Fsp3) is 0.389. The molecule has 2 heteroatoms. The van der Waals surface area contributed by atoms with Crippen LogP contribution in [0.15, 0.2) is 42.7 Å². The average Bonchev–Trinajstić information content (AvgIpc) is 2.52. The van der Waals surface area contributed by atoms with Gasteiger partial charge in [-0.2, -0.15) is 0 Å². The van der Waals surface area contributed by atoms with Crippen LogP contribution in [0.2, 0.25) is 0 Å². The van der Waals surface area contributed by atoms with Crippen LogP contribution < -0.4 is 5.32 Å².